The van der Waals surface area contributed by atoms with Crippen molar-refractivity contribution in [1.29, 1.82) is 0 Å². The van der Waals surface area contributed by atoms with E-state index in [1.54, 1.807) is 24.1 Å². The van der Waals surface area contributed by atoms with Crippen molar-refractivity contribution in [3.05, 3.63) is 23.2 Å². The van der Waals surface area contributed by atoms with Gasteiger partial charge in [-0.05, 0) is 22.9 Å². The summed E-state index contributed by atoms with van der Waals surface area (Å²) in [6.07, 6.45) is 5.00. The normalized spacial score (nSPS) is 11.1. The molecular weight excluding hydrogens is 310 g/mol. The second-order valence-corrected chi connectivity index (χ2v) is 4.74. The van der Waals surface area contributed by atoms with Crippen LogP contribution in [-0.2, 0) is 6.54 Å². The van der Waals surface area contributed by atoms with Crippen molar-refractivity contribution in [3.8, 4) is 5.95 Å². The molecule has 0 spiro atoms. The lowest BCUT2D eigenvalue weighted by atomic mass is 10.4. The van der Waals surface area contributed by atoms with E-state index in [2.05, 4.69) is 52.8 Å². The molecule has 0 aliphatic carbocycles. The molecule has 1 N–H and O–H groups in total. The Morgan fingerprint density at radius 2 is 2.21 bits per heavy atom. The van der Waals surface area contributed by atoms with Gasteiger partial charge in [-0.1, -0.05) is 0 Å². The summed E-state index contributed by atoms with van der Waals surface area (Å²) in [5.41, 5.74) is 1.83. The summed E-state index contributed by atoms with van der Waals surface area (Å²) >= 11 is 3.52. The first-order valence-corrected chi connectivity index (χ1v) is 6.63. The van der Waals surface area contributed by atoms with Gasteiger partial charge in [-0.3, -0.25) is 4.98 Å². The van der Waals surface area contributed by atoms with Crippen molar-refractivity contribution in [3.63, 3.8) is 0 Å². The summed E-state index contributed by atoms with van der Waals surface area (Å²) in [7, 11) is 1.80. The SMILES string of the molecule is CCn1c(-n2ncnc2NC)nc2cncc(Br)c21. The molecule has 0 fully saturated rings. The topological polar surface area (TPSA) is 73.5 Å². The number of imidazole rings is 1. The van der Waals surface area contributed by atoms with Gasteiger partial charge in [0.1, 0.15) is 11.8 Å². The maximum absolute atomic E-state index is 4.59. The lowest BCUT2D eigenvalue weighted by Crippen LogP contribution is -2.10. The molecule has 0 unspecified atom stereocenters. The van der Waals surface area contributed by atoms with E-state index in [4.69, 9.17) is 0 Å². The van der Waals surface area contributed by atoms with E-state index >= 15 is 0 Å². The van der Waals surface area contributed by atoms with Crippen LogP contribution < -0.4 is 5.32 Å². The average Bonchev–Trinajstić information content (AvgIpc) is 3.02. The minimum absolute atomic E-state index is 0.647. The van der Waals surface area contributed by atoms with E-state index in [0.717, 1.165) is 22.1 Å². The molecule has 19 heavy (non-hydrogen) atoms. The van der Waals surface area contributed by atoms with Crippen molar-refractivity contribution in [2.45, 2.75) is 13.5 Å². The first-order valence-electron chi connectivity index (χ1n) is 5.84. The van der Waals surface area contributed by atoms with Crippen LogP contribution in [0, 0.1) is 0 Å². The zero-order valence-corrected chi connectivity index (χ0v) is 12.1. The van der Waals surface area contributed by atoms with E-state index in [1.807, 2.05) is 0 Å². The molecule has 0 atom stereocenters. The smallest absolute Gasteiger partial charge is 0.235 e. The van der Waals surface area contributed by atoms with Crippen LogP contribution in [0.1, 0.15) is 6.92 Å². The number of rotatable bonds is 3. The van der Waals surface area contributed by atoms with E-state index in [0.29, 0.717) is 11.9 Å². The van der Waals surface area contributed by atoms with Gasteiger partial charge in [0.2, 0.25) is 11.9 Å². The van der Waals surface area contributed by atoms with Crippen LogP contribution in [0.5, 0.6) is 0 Å². The molecule has 3 aromatic rings. The Labute approximate surface area is 117 Å². The molecule has 0 bridgehead atoms. The third kappa shape index (κ3) is 1.79. The van der Waals surface area contributed by atoms with Gasteiger partial charge in [0, 0.05) is 19.8 Å². The predicted octanol–water partition coefficient (Wildman–Crippen LogP) is 1.84. The predicted molar refractivity (Wildman–Crippen MR) is 75.4 cm³/mol. The van der Waals surface area contributed by atoms with Gasteiger partial charge in [-0.25, -0.2) is 4.98 Å². The molecule has 3 aromatic heterocycles. The number of pyridine rings is 1. The lowest BCUT2D eigenvalue weighted by Gasteiger charge is -2.07. The molecule has 3 heterocycles. The molecule has 0 saturated heterocycles. The van der Waals surface area contributed by atoms with Gasteiger partial charge < -0.3 is 9.88 Å². The molecule has 0 aliphatic rings. The lowest BCUT2D eigenvalue weighted by molar-refractivity contribution is 0.703. The van der Waals surface area contributed by atoms with Crippen LogP contribution in [-0.4, -0.2) is 36.3 Å². The van der Waals surface area contributed by atoms with E-state index < -0.39 is 0 Å². The fraction of sp³-hybridized carbons (Fsp3) is 0.273. The quantitative estimate of drug-likeness (QED) is 0.796. The molecule has 0 amide bonds. The van der Waals surface area contributed by atoms with Gasteiger partial charge in [0.05, 0.1) is 16.2 Å². The second kappa shape index (κ2) is 4.61. The summed E-state index contributed by atoms with van der Waals surface area (Å²) in [5.74, 6) is 1.36. The summed E-state index contributed by atoms with van der Waals surface area (Å²) in [6.45, 7) is 2.84. The van der Waals surface area contributed by atoms with Crippen molar-refractivity contribution in [1.82, 2.24) is 29.3 Å². The van der Waals surface area contributed by atoms with Crippen LogP contribution in [0.25, 0.3) is 17.0 Å². The Hall–Kier alpha value is -1.96. The van der Waals surface area contributed by atoms with Crippen molar-refractivity contribution in [2.24, 2.45) is 0 Å². The first-order chi connectivity index (χ1) is 9.26. The Balaban J connectivity index is 2.33. The third-order valence-corrected chi connectivity index (χ3v) is 3.44. The molecule has 7 nitrogen and oxygen atoms in total. The maximum Gasteiger partial charge on any atom is 0.235 e. The molecule has 98 valence electrons. The highest BCUT2D eigenvalue weighted by Crippen LogP contribution is 2.26. The van der Waals surface area contributed by atoms with Crippen molar-refractivity contribution >= 4 is 32.9 Å². The monoisotopic (exact) mass is 321 g/mol. The molecule has 3 rings (SSSR count). The van der Waals surface area contributed by atoms with Crippen LogP contribution in [0.3, 0.4) is 0 Å². The molecule has 0 saturated carbocycles. The van der Waals surface area contributed by atoms with Crippen LogP contribution in [0.2, 0.25) is 0 Å². The van der Waals surface area contributed by atoms with E-state index in [1.165, 1.54) is 6.33 Å². The molecule has 0 radical (unpaired) electrons. The minimum atomic E-state index is 0.647. The Kier molecular flexibility index (Phi) is 2.94. The number of halogens is 1. The second-order valence-electron chi connectivity index (χ2n) is 3.89. The fourth-order valence-electron chi connectivity index (χ4n) is 2.05. The number of aromatic nitrogens is 6. The standard InChI is InChI=1S/C11H12BrN7/c1-3-18-9-7(12)4-14-5-8(9)17-11(18)19-10(13-2)15-6-16-19/h4-6H,3H2,1-2H3,(H,13,15,16). The highest BCUT2D eigenvalue weighted by atomic mass is 79.9. The Bertz CT molecular complexity index is 730. The number of anilines is 1. The minimum Gasteiger partial charge on any atom is -0.357 e. The maximum atomic E-state index is 4.59. The summed E-state index contributed by atoms with van der Waals surface area (Å²) in [6, 6.07) is 0. The average molecular weight is 322 g/mol. The highest BCUT2D eigenvalue weighted by molar-refractivity contribution is 9.10. The number of nitrogens with one attached hydrogen (secondary N) is 1. The summed E-state index contributed by atoms with van der Waals surface area (Å²) < 4.78 is 4.66. The van der Waals surface area contributed by atoms with Gasteiger partial charge >= 0.3 is 0 Å². The van der Waals surface area contributed by atoms with Crippen molar-refractivity contribution in [2.75, 3.05) is 12.4 Å². The van der Waals surface area contributed by atoms with Gasteiger partial charge in [0.25, 0.3) is 0 Å². The number of nitrogens with zero attached hydrogens (tertiary/aromatic N) is 6. The largest absolute Gasteiger partial charge is 0.357 e. The van der Waals surface area contributed by atoms with Gasteiger partial charge in [-0.15, -0.1) is 0 Å². The molecule has 8 heteroatoms. The molecular formula is C11H12BrN7. The van der Waals surface area contributed by atoms with E-state index in [-0.39, 0.29) is 0 Å². The highest BCUT2D eigenvalue weighted by Gasteiger charge is 2.16. The number of hydrogen-bond acceptors (Lipinski definition) is 5. The number of hydrogen-bond donors (Lipinski definition) is 1. The van der Waals surface area contributed by atoms with Gasteiger partial charge in [-0.2, -0.15) is 14.8 Å². The zero-order chi connectivity index (χ0) is 13.4. The Morgan fingerprint density at radius 1 is 1.37 bits per heavy atom. The summed E-state index contributed by atoms with van der Waals surface area (Å²) in [5, 5.41) is 7.21. The number of fused-ring (bicyclic) bond motifs is 1. The Morgan fingerprint density at radius 3 is 2.95 bits per heavy atom. The molecule has 0 aromatic carbocycles. The van der Waals surface area contributed by atoms with Crippen molar-refractivity contribution < 1.29 is 0 Å². The van der Waals surface area contributed by atoms with Crippen LogP contribution >= 0.6 is 15.9 Å². The number of aryl methyl sites for hydroxylation is 1. The van der Waals surface area contributed by atoms with E-state index in [9.17, 15) is 0 Å². The van der Waals surface area contributed by atoms with Crippen LogP contribution in [0.4, 0.5) is 5.95 Å². The third-order valence-electron chi connectivity index (χ3n) is 2.86. The molecule has 0 aliphatic heterocycles. The summed E-state index contributed by atoms with van der Waals surface area (Å²) in [4.78, 5) is 12.9. The van der Waals surface area contributed by atoms with Crippen LogP contribution in [0.15, 0.2) is 23.2 Å². The fourth-order valence-corrected chi connectivity index (χ4v) is 2.59. The first kappa shape index (κ1) is 12.1. The van der Waals surface area contributed by atoms with Gasteiger partial charge in [0.15, 0.2) is 0 Å². The zero-order valence-electron chi connectivity index (χ0n) is 10.5.